The molecule has 0 unspecified atom stereocenters. The van der Waals surface area contributed by atoms with E-state index in [2.05, 4.69) is 11.0 Å². The number of carboxylic acids is 1. The average Bonchev–Trinajstić information content (AvgIpc) is 3.47. The summed E-state index contributed by atoms with van der Waals surface area (Å²) in [6, 6.07) is 8.45. The fraction of sp³-hybridized carbons (Fsp3) is 0.550. The van der Waals surface area contributed by atoms with E-state index < -0.39 is 5.97 Å². The van der Waals surface area contributed by atoms with Crippen molar-refractivity contribution in [2.75, 3.05) is 11.4 Å². The smallest absolute Gasteiger partial charge is 0.140 e. The Bertz CT molecular complexity index is 767. The van der Waals surface area contributed by atoms with Crippen LogP contribution in [0.4, 0.5) is 5.82 Å². The number of carboxylic acid groups (broad SMARTS) is 1. The molecular weight excluding hydrogens is 314 g/mol. The van der Waals surface area contributed by atoms with Crippen molar-refractivity contribution in [3.05, 3.63) is 30.1 Å². The molecule has 0 spiro atoms. The van der Waals surface area contributed by atoms with Crippen molar-refractivity contribution >= 4 is 22.7 Å². The van der Waals surface area contributed by atoms with Gasteiger partial charge in [0.1, 0.15) is 11.6 Å². The fourth-order valence-corrected chi connectivity index (χ4v) is 3.89. The van der Waals surface area contributed by atoms with Gasteiger partial charge in [0, 0.05) is 36.3 Å². The van der Waals surface area contributed by atoms with Crippen LogP contribution in [0, 0.1) is 0 Å². The molecule has 2 aromatic rings. The Labute approximate surface area is 148 Å². The van der Waals surface area contributed by atoms with Crippen molar-refractivity contribution in [1.29, 1.82) is 0 Å². The van der Waals surface area contributed by atoms with Crippen LogP contribution in [0.3, 0.4) is 0 Å². The van der Waals surface area contributed by atoms with Gasteiger partial charge in [0.25, 0.3) is 0 Å². The standard InChI is InChI=1S/C20H25N3O2/c24-18(25)12-13-23(15-6-2-1-3-7-15)20-16-8-4-5-9-17(16)21-19(22-20)14-10-11-14/h4-5,8-9,14-15H,1-3,6-7,10-13H2,(H,24,25)/p-1. The number of hydrogen-bond donors (Lipinski definition) is 0. The minimum atomic E-state index is -0.999. The molecular formula is C20H24N3O2-. The van der Waals surface area contributed by atoms with Crippen molar-refractivity contribution in [2.45, 2.75) is 63.3 Å². The summed E-state index contributed by atoms with van der Waals surface area (Å²) >= 11 is 0. The number of aromatic nitrogens is 2. The maximum atomic E-state index is 11.1. The summed E-state index contributed by atoms with van der Waals surface area (Å²) < 4.78 is 0. The van der Waals surface area contributed by atoms with Gasteiger partial charge in [-0.3, -0.25) is 0 Å². The number of carbonyl (C=O) groups excluding carboxylic acids is 1. The summed E-state index contributed by atoms with van der Waals surface area (Å²) in [5, 5.41) is 12.1. The third-order valence-electron chi connectivity index (χ3n) is 5.39. The number of para-hydroxylation sites is 1. The number of aliphatic carboxylic acids is 1. The number of fused-ring (bicyclic) bond motifs is 1. The Kier molecular flexibility index (Phi) is 4.55. The van der Waals surface area contributed by atoms with Crippen LogP contribution < -0.4 is 10.0 Å². The first-order valence-corrected chi connectivity index (χ1v) is 9.45. The Morgan fingerprint density at radius 3 is 2.56 bits per heavy atom. The zero-order valence-corrected chi connectivity index (χ0v) is 14.5. The zero-order chi connectivity index (χ0) is 17.2. The lowest BCUT2D eigenvalue weighted by atomic mass is 9.93. The van der Waals surface area contributed by atoms with Crippen LogP contribution in [0.15, 0.2) is 24.3 Å². The first-order chi connectivity index (χ1) is 12.2. The first kappa shape index (κ1) is 16.3. The molecule has 1 aromatic heterocycles. The van der Waals surface area contributed by atoms with E-state index in [0.29, 0.717) is 18.5 Å². The summed E-state index contributed by atoms with van der Waals surface area (Å²) in [6.45, 7) is 0.456. The van der Waals surface area contributed by atoms with E-state index in [1.807, 2.05) is 18.2 Å². The van der Waals surface area contributed by atoms with Gasteiger partial charge in [-0.15, -0.1) is 0 Å². The second-order valence-electron chi connectivity index (χ2n) is 7.30. The second-order valence-corrected chi connectivity index (χ2v) is 7.30. The highest BCUT2D eigenvalue weighted by atomic mass is 16.4. The highest BCUT2D eigenvalue weighted by Gasteiger charge is 2.30. The molecule has 1 heterocycles. The van der Waals surface area contributed by atoms with Crippen molar-refractivity contribution in [1.82, 2.24) is 9.97 Å². The van der Waals surface area contributed by atoms with E-state index in [-0.39, 0.29) is 6.42 Å². The first-order valence-electron chi connectivity index (χ1n) is 9.45. The van der Waals surface area contributed by atoms with Crippen LogP contribution in [0.2, 0.25) is 0 Å². The maximum Gasteiger partial charge on any atom is 0.140 e. The van der Waals surface area contributed by atoms with Crippen molar-refractivity contribution < 1.29 is 9.90 Å². The molecule has 0 saturated heterocycles. The molecule has 4 rings (SSSR count). The molecule has 2 aliphatic rings. The third kappa shape index (κ3) is 3.60. The van der Waals surface area contributed by atoms with E-state index in [0.717, 1.165) is 48.2 Å². The van der Waals surface area contributed by atoms with Gasteiger partial charge in [0.15, 0.2) is 0 Å². The Morgan fingerprint density at radius 2 is 1.84 bits per heavy atom. The lowest BCUT2D eigenvalue weighted by Gasteiger charge is -2.36. The number of nitrogens with zero attached hydrogens (tertiary/aromatic N) is 3. The molecule has 1 aromatic carbocycles. The van der Waals surface area contributed by atoms with Crippen molar-refractivity contribution in [3.8, 4) is 0 Å². The molecule has 2 saturated carbocycles. The number of hydrogen-bond acceptors (Lipinski definition) is 5. The minimum Gasteiger partial charge on any atom is -0.550 e. The lowest BCUT2D eigenvalue weighted by Crippen LogP contribution is -2.40. The third-order valence-corrected chi connectivity index (χ3v) is 5.39. The zero-order valence-electron chi connectivity index (χ0n) is 14.5. The van der Waals surface area contributed by atoms with Crippen molar-refractivity contribution in [3.63, 3.8) is 0 Å². The van der Waals surface area contributed by atoms with Gasteiger partial charge in [-0.05, 0) is 37.8 Å². The molecule has 0 N–H and O–H groups in total. The Morgan fingerprint density at radius 1 is 1.08 bits per heavy atom. The van der Waals surface area contributed by atoms with Crippen LogP contribution in [0.25, 0.3) is 10.9 Å². The van der Waals surface area contributed by atoms with Gasteiger partial charge in [-0.25, -0.2) is 9.97 Å². The van der Waals surface area contributed by atoms with Crippen LogP contribution in [0.1, 0.15) is 63.1 Å². The largest absolute Gasteiger partial charge is 0.550 e. The molecule has 2 fully saturated rings. The predicted molar refractivity (Wildman–Crippen MR) is 95.4 cm³/mol. The number of anilines is 1. The van der Waals surface area contributed by atoms with Crippen LogP contribution in [-0.4, -0.2) is 28.5 Å². The summed E-state index contributed by atoms with van der Waals surface area (Å²) in [7, 11) is 0. The van der Waals surface area contributed by atoms with E-state index in [1.54, 1.807) is 0 Å². The summed E-state index contributed by atoms with van der Waals surface area (Å²) in [4.78, 5) is 23.0. The predicted octanol–water partition coefficient (Wildman–Crippen LogP) is 2.79. The number of carbonyl (C=O) groups is 1. The normalized spacial score (nSPS) is 18.4. The Balaban J connectivity index is 1.77. The molecule has 132 valence electrons. The van der Waals surface area contributed by atoms with E-state index in [4.69, 9.17) is 9.97 Å². The molecule has 2 aliphatic carbocycles. The number of rotatable bonds is 6. The molecule has 0 atom stereocenters. The lowest BCUT2D eigenvalue weighted by molar-refractivity contribution is -0.305. The monoisotopic (exact) mass is 338 g/mol. The summed E-state index contributed by atoms with van der Waals surface area (Å²) in [5.74, 6) is 1.31. The summed E-state index contributed by atoms with van der Waals surface area (Å²) in [6.07, 6.45) is 8.21. The molecule has 25 heavy (non-hydrogen) atoms. The molecule has 5 nitrogen and oxygen atoms in total. The molecule has 0 aliphatic heterocycles. The topological polar surface area (TPSA) is 69.2 Å². The SMILES string of the molecule is O=C([O-])CCN(c1nc(C2CC2)nc2ccccc12)C1CCCCC1. The Hall–Kier alpha value is -2.17. The van der Waals surface area contributed by atoms with Gasteiger partial charge in [0.2, 0.25) is 0 Å². The van der Waals surface area contributed by atoms with Gasteiger partial charge in [-0.2, -0.15) is 0 Å². The molecule has 0 amide bonds. The second kappa shape index (κ2) is 6.98. The van der Waals surface area contributed by atoms with E-state index in [9.17, 15) is 9.90 Å². The highest BCUT2D eigenvalue weighted by molar-refractivity contribution is 5.90. The molecule has 5 heteroatoms. The van der Waals surface area contributed by atoms with Gasteiger partial charge >= 0.3 is 0 Å². The average molecular weight is 338 g/mol. The number of benzene rings is 1. The van der Waals surface area contributed by atoms with Gasteiger partial charge in [0.05, 0.1) is 5.52 Å². The van der Waals surface area contributed by atoms with E-state index in [1.165, 1.54) is 19.3 Å². The van der Waals surface area contributed by atoms with Crippen LogP contribution in [0.5, 0.6) is 0 Å². The fourth-order valence-electron chi connectivity index (χ4n) is 3.89. The highest BCUT2D eigenvalue weighted by Crippen LogP contribution is 2.40. The van der Waals surface area contributed by atoms with Crippen LogP contribution in [-0.2, 0) is 4.79 Å². The van der Waals surface area contributed by atoms with E-state index >= 15 is 0 Å². The van der Waals surface area contributed by atoms with Gasteiger partial charge < -0.3 is 14.8 Å². The molecule has 0 radical (unpaired) electrons. The quantitative estimate of drug-likeness (QED) is 0.810. The maximum absolute atomic E-state index is 11.1. The summed E-state index contributed by atoms with van der Waals surface area (Å²) in [5.41, 5.74) is 0.962. The van der Waals surface area contributed by atoms with Crippen molar-refractivity contribution in [2.24, 2.45) is 0 Å². The van der Waals surface area contributed by atoms with Crippen LogP contribution >= 0.6 is 0 Å². The minimum absolute atomic E-state index is 0.0353. The van der Waals surface area contributed by atoms with Gasteiger partial charge in [-0.1, -0.05) is 31.4 Å². The molecule has 0 bridgehead atoms.